The molecule has 0 saturated carbocycles. The number of benzene rings is 1. The summed E-state index contributed by atoms with van der Waals surface area (Å²) in [5.74, 6) is -0.0331. The van der Waals surface area contributed by atoms with E-state index in [1.54, 1.807) is 12.4 Å². The molecule has 0 atom stereocenters. The van der Waals surface area contributed by atoms with Crippen LogP contribution in [-0.4, -0.2) is 15.9 Å². The van der Waals surface area contributed by atoms with Crippen molar-refractivity contribution in [3.8, 4) is 0 Å². The fourth-order valence-corrected chi connectivity index (χ4v) is 1.71. The molecule has 0 aliphatic rings. The Morgan fingerprint density at radius 3 is 2.58 bits per heavy atom. The lowest BCUT2D eigenvalue weighted by Crippen LogP contribution is -2.25. The van der Waals surface area contributed by atoms with Crippen molar-refractivity contribution in [2.75, 3.05) is 0 Å². The van der Waals surface area contributed by atoms with Crippen LogP contribution in [0.25, 0.3) is 0 Å². The minimum absolute atomic E-state index is 0.0331. The maximum Gasteiger partial charge on any atom is 0.224 e. The highest BCUT2D eigenvalue weighted by molar-refractivity contribution is 7.80. The third-order valence-corrected chi connectivity index (χ3v) is 2.90. The Morgan fingerprint density at radius 2 is 1.95 bits per heavy atom. The van der Waals surface area contributed by atoms with Crippen LogP contribution < -0.4 is 5.32 Å². The first-order valence-electron chi connectivity index (χ1n) is 5.95. The summed E-state index contributed by atoms with van der Waals surface area (Å²) < 4.78 is 0. The van der Waals surface area contributed by atoms with Crippen LogP contribution in [0.3, 0.4) is 0 Å². The van der Waals surface area contributed by atoms with Gasteiger partial charge in [-0.15, -0.1) is 12.6 Å². The molecule has 0 unspecified atom stereocenters. The first-order valence-corrected chi connectivity index (χ1v) is 6.40. The maximum atomic E-state index is 11.8. The average molecular weight is 273 g/mol. The fraction of sp³-hybridized carbons (Fsp3) is 0.214. The number of aromatic nitrogens is 2. The summed E-state index contributed by atoms with van der Waals surface area (Å²) >= 11 is 4.20. The number of carbonyl (C=O) groups excluding carboxylic acids is 1. The normalized spacial score (nSPS) is 10.2. The lowest BCUT2D eigenvalue weighted by Gasteiger charge is -2.05. The molecule has 0 bridgehead atoms. The fourth-order valence-electron chi connectivity index (χ4n) is 1.56. The molecule has 0 saturated heterocycles. The van der Waals surface area contributed by atoms with E-state index in [0.717, 1.165) is 21.8 Å². The number of aryl methyl sites for hydroxylation is 1. The summed E-state index contributed by atoms with van der Waals surface area (Å²) in [5.41, 5.74) is 2.58. The first-order chi connectivity index (χ1) is 9.13. The third-order valence-electron chi connectivity index (χ3n) is 2.60. The van der Waals surface area contributed by atoms with Crippen LogP contribution in [0.5, 0.6) is 0 Å². The molecule has 0 aliphatic heterocycles. The van der Waals surface area contributed by atoms with Crippen molar-refractivity contribution in [3.63, 3.8) is 0 Å². The van der Waals surface area contributed by atoms with Crippen LogP contribution in [0.2, 0.25) is 0 Å². The van der Waals surface area contributed by atoms with Crippen molar-refractivity contribution in [3.05, 3.63) is 53.6 Å². The summed E-state index contributed by atoms with van der Waals surface area (Å²) in [6, 6.07) is 7.54. The number of carbonyl (C=O) groups is 1. The number of amides is 1. The monoisotopic (exact) mass is 273 g/mol. The van der Waals surface area contributed by atoms with Gasteiger partial charge in [0, 0.05) is 11.1 Å². The van der Waals surface area contributed by atoms with Gasteiger partial charge in [0.2, 0.25) is 5.91 Å². The summed E-state index contributed by atoms with van der Waals surface area (Å²) in [5, 5.41) is 2.82. The topological polar surface area (TPSA) is 54.9 Å². The van der Waals surface area contributed by atoms with Gasteiger partial charge in [-0.05, 0) is 24.6 Å². The minimum atomic E-state index is -0.0331. The highest BCUT2D eigenvalue weighted by Crippen LogP contribution is 2.08. The summed E-state index contributed by atoms with van der Waals surface area (Å²) in [6.07, 6.45) is 3.71. The second kappa shape index (κ2) is 6.33. The third kappa shape index (κ3) is 4.37. The van der Waals surface area contributed by atoms with Crippen molar-refractivity contribution in [2.24, 2.45) is 0 Å². The summed E-state index contributed by atoms with van der Waals surface area (Å²) in [7, 11) is 0. The second-order valence-corrected chi connectivity index (χ2v) is 4.79. The van der Waals surface area contributed by atoms with Crippen LogP contribution in [-0.2, 0) is 17.8 Å². The van der Waals surface area contributed by atoms with Gasteiger partial charge in [-0.3, -0.25) is 14.8 Å². The highest BCUT2D eigenvalue weighted by Gasteiger charge is 2.04. The smallest absolute Gasteiger partial charge is 0.224 e. The van der Waals surface area contributed by atoms with Gasteiger partial charge in [0.1, 0.15) is 0 Å². The standard InChI is InChI=1S/C14H15N3OS/c1-10-7-16-12(8-15-10)9-17-14(18)6-11-2-4-13(19)5-3-11/h2-5,7-8,19H,6,9H2,1H3,(H,17,18). The zero-order chi connectivity index (χ0) is 13.7. The van der Waals surface area contributed by atoms with E-state index in [9.17, 15) is 4.79 Å². The van der Waals surface area contributed by atoms with Gasteiger partial charge in [0.05, 0.1) is 30.6 Å². The molecular weight excluding hydrogens is 258 g/mol. The van der Waals surface area contributed by atoms with E-state index in [1.165, 1.54) is 0 Å². The zero-order valence-corrected chi connectivity index (χ0v) is 11.5. The second-order valence-electron chi connectivity index (χ2n) is 4.27. The molecule has 4 nitrogen and oxygen atoms in total. The Balaban J connectivity index is 1.84. The van der Waals surface area contributed by atoms with Crippen LogP contribution in [0.15, 0.2) is 41.6 Å². The molecule has 0 spiro atoms. The van der Waals surface area contributed by atoms with Gasteiger partial charge in [0.15, 0.2) is 0 Å². The Kier molecular flexibility index (Phi) is 4.52. The number of hydrogen-bond donors (Lipinski definition) is 2. The molecule has 1 N–H and O–H groups in total. The SMILES string of the molecule is Cc1cnc(CNC(=O)Cc2ccc(S)cc2)cn1. The average Bonchev–Trinajstić information content (AvgIpc) is 2.41. The number of thiol groups is 1. The molecule has 5 heteroatoms. The lowest BCUT2D eigenvalue weighted by molar-refractivity contribution is -0.120. The van der Waals surface area contributed by atoms with E-state index >= 15 is 0 Å². The number of nitrogens with one attached hydrogen (secondary N) is 1. The van der Waals surface area contributed by atoms with Crippen LogP contribution in [0.4, 0.5) is 0 Å². The molecule has 1 heterocycles. The van der Waals surface area contributed by atoms with Crippen molar-refractivity contribution >= 4 is 18.5 Å². The van der Waals surface area contributed by atoms with Crippen molar-refractivity contribution in [1.29, 1.82) is 0 Å². The highest BCUT2D eigenvalue weighted by atomic mass is 32.1. The summed E-state index contributed by atoms with van der Waals surface area (Å²) in [6.45, 7) is 2.28. The predicted octanol–water partition coefficient (Wildman–Crippen LogP) is 1.93. The minimum Gasteiger partial charge on any atom is -0.350 e. The molecule has 0 aliphatic carbocycles. The van der Waals surface area contributed by atoms with Crippen LogP contribution in [0.1, 0.15) is 17.0 Å². The number of rotatable bonds is 4. The number of nitrogens with zero attached hydrogens (tertiary/aromatic N) is 2. The molecule has 0 fully saturated rings. The van der Waals surface area contributed by atoms with E-state index < -0.39 is 0 Å². The summed E-state index contributed by atoms with van der Waals surface area (Å²) in [4.78, 5) is 21.0. The van der Waals surface area contributed by atoms with E-state index in [-0.39, 0.29) is 5.91 Å². The molecule has 0 radical (unpaired) electrons. The van der Waals surface area contributed by atoms with Crippen molar-refractivity contribution < 1.29 is 4.79 Å². The van der Waals surface area contributed by atoms with Crippen LogP contribution >= 0.6 is 12.6 Å². The molecule has 1 aromatic carbocycles. The molecule has 98 valence electrons. The zero-order valence-electron chi connectivity index (χ0n) is 10.6. The number of hydrogen-bond acceptors (Lipinski definition) is 4. The largest absolute Gasteiger partial charge is 0.350 e. The quantitative estimate of drug-likeness (QED) is 0.837. The lowest BCUT2D eigenvalue weighted by atomic mass is 10.1. The van der Waals surface area contributed by atoms with Gasteiger partial charge in [-0.1, -0.05) is 12.1 Å². The molecule has 1 aromatic heterocycles. The van der Waals surface area contributed by atoms with E-state index in [1.807, 2.05) is 31.2 Å². The van der Waals surface area contributed by atoms with Crippen molar-refractivity contribution in [1.82, 2.24) is 15.3 Å². The first kappa shape index (κ1) is 13.5. The molecular formula is C14H15N3OS. The Morgan fingerprint density at radius 1 is 1.21 bits per heavy atom. The van der Waals surface area contributed by atoms with E-state index in [4.69, 9.17) is 0 Å². The van der Waals surface area contributed by atoms with E-state index in [2.05, 4.69) is 27.9 Å². The van der Waals surface area contributed by atoms with Gasteiger partial charge in [0.25, 0.3) is 0 Å². The van der Waals surface area contributed by atoms with Gasteiger partial charge >= 0.3 is 0 Å². The predicted molar refractivity (Wildman–Crippen MR) is 76.0 cm³/mol. The molecule has 1 amide bonds. The molecule has 19 heavy (non-hydrogen) atoms. The maximum absolute atomic E-state index is 11.8. The van der Waals surface area contributed by atoms with Crippen LogP contribution in [0, 0.1) is 6.92 Å². The Labute approximate surface area is 117 Å². The van der Waals surface area contributed by atoms with Crippen molar-refractivity contribution in [2.45, 2.75) is 24.8 Å². The Bertz CT molecular complexity index is 552. The Hall–Kier alpha value is -1.88. The molecule has 2 aromatic rings. The van der Waals surface area contributed by atoms with E-state index in [0.29, 0.717) is 13.0 Å². The molecule has 2 rings (SSSR count). The van der Waals surface area contributed by atoms with Gasteiger partial charge in [-0.2, -0.15) is 0 Å². The van der Waals surface area contributed by atoms with Gasteiger partial charge in [-0.25, -0.2) is 0 Å². The van der Waals surface area contributed by atoms with Gasteiger partial charge < -0.3 is 5.32 Å².